The van der Waals surface area contributed by atoms with E-state index >= 15 is 0 Å². The first-order chi connectivity index (χ1) is 9.73. The average molecular weight is 298 g/mol. The monoisotopic (exact) mass is 298 g/mol. The van der Waals surface area contributed by atoms with Gasteiger partial charge in [0.25, 0.3) is 0 Å². The van der Waals surface area contributed by atoms with E-state index in [0.717, 1.165) is 31.8 Å². The van der Waals surface area contributed by atoms with Gasteiger partial charge in [-0.05, 0) is 52.9 Å². The molecular formula is C17H34N2O2. The van der Waals surface area contributed by atoms with Gasteiger partial charge in [0.15, 0.2) is 0 Å². The molecule has 4 heteroatoms. The average Bonchev–Trinajstić information content (AvgIpc) is 2.82. The molecule has 1 N–H and O–H groups in total. The van der Waals surface area contributed by atoms with Gasteiger partial charge in [-0.25, -0.2) is 4.79 Å². The van der Waals surface area contributed by atoms with Gasteiger partial charge in [0, 0.05) is 25.2 Å². The van der Waals surface area contributed by atoms with Crippen LogP contribution in [0.1, 0.15) is 67.2 Å². The van der Waals surface area contributed by atoms with Crippen molar-refractivity contribution in [3.8, 4) is 0 Å². The number of hydrogen-bond donors (Lipinski definition) is 1. The highest BCUT2D eigenvalue weighted by atomic mass is 16.6. The van der Waals surface area contributed by atoms with Gasteiger partial charge in [-0.3, -0.25) is 0 Å². The van der Waals surface area contributed by atoms with Crippen molar-refractivity contribution >= 4 is 6.09 Å². The van der Waals surface area contributed by atoms with Crippen LogP contribution in [0.4, 0.5) is 4.79 Å². The molecule has 0 aromatic carbocycles. The molecule has 0 aromatic rings. The standard InChI is InChI=1S/C17H34N2O2/c1-7-13(2)11-14(3)18-12-15-9-8-10-19(15)16(20)21-17(4,5)6/h13-15,18H,7-12H2,1-6H3. The Kier molecular flexibility index (Phi) is 6.98. The van der Waals surface area contributed by atoms with Gasteiger partial charge >= 0.3 is 6.09 Å². The van der Waals surface area contributed by atoms with Crippen LogP contribution in [-0.2, 0) is 4.74 Å². The first-order valence-corrected chi connectivity index (χ1v) is 8.46. The van der Waals surface area contributed by atoms with Crippen LogP contribution in [0.2, 0.25) is 0 Å². The van der Waals surface area contributed by atoms with E-state index in [9.17, 15) is 4.79 Å². The number of amides is 1. The first kappa shape index (κ1) is 18.3. The van der Waals surface area contributed by atoms with Crippen LogP contribution in [0.3, 0.4) is 0 Å². The minimum atomic E-state index is -0.415. The molecule has 0 aliphatic carbocycles. The Bertz CT molecular complexity index is 325. The van der Waals surface area contributed by atoms with Gasteiger partial charge in [0.2, 0.25) is 0 Å². The molecule has 1 fully saturated rings. The zero-order chi connectivity index (χ0) is 16.0. The summed E-state index contributed by atoms with van der Waals surface area (Å²) in [6, 6.07) is 0.778. The summed E-state index contributed by atoms with van der Waals surface area (Å²) in [5.74, 6) is 0.748. The van der Waals surface area contributed by atoms with Crippen molar-refractivity contribution in [1.82, 2.24) is 10.2 Å². The van der Waals surface area contributed by atoms with Crippen LogP contribution in [-0.4, -0.2) is 41.8 Å². The normalized spacial score (nSPS) is 22.2. The van der Waals surface area contributed by atoms with E-state index in [1.807, 2.05) is 25.7 Å². The summed E-state index contributed by atoms with van der Waals surface area (Å²) in [6.45, 7) is 14.2. The lowest BCUT2D eigenvalue weighted by Gasteiger charge is -2.29. The zero-order valence-corrected chi connectivity index (χ0v) is 14.7. The Hall–Kier alpha value is -0.770. The highest BCUT2D eigenvalue weighted by Gasteiger charge is 2.32. The minimum Gasteiger partial charge on any atom is -0.444 e. The maximum atomic E-state index is 12.2. The van der Waals surface area contributed by atoms with Crippen LogP contribution >= 0.6 is 0 Å². The maximum absolute atomic E-state index is 12.2. The summed E-state index contributed by atoms with van der Waals surface area (Å²) in [5, 5.41) is 3.59. The Labute approximate surface area is 130 Å². The summed E-state index contributed by atoms with van der Waals surface area (Å²) < 4.78 is 5.50. The van der Waals surface area contributed by atoms with E-state index in [2.05, 4.69) is 26.1 Å². The van der Waals surface area contributed by atoms with E-state index in [1.165, 1.54) is 12.8 Å². The molecule has 0 aromatic heterocycles. The summed E-state index contributed by atoms with van der Waals surface area (Å²) >= 11 is 0. The third-order valence-electron chi connectivity index (χ3n) is 4.16. The Morgan fingerprint density at radius 1 is 1.38 bits per heavy atom. The minimum absolute atomic E-state index is 0.165. The predicted octanol–water partition coefficient (Wildman–Crippen LogP) is 3.80. The second kappa shape index (κ2) is 8.02. The molecule has 3 unspecified atom stereocenters. The largest absolute Gasteiger partial charge is 0.444 e. The third kappa shape index (κ3) is 6.68. The fraction of sp³-hybridized carbons (Fsp3) is 0.941. The van der Waals surface area contributed by atoms with Crippen molar-refractivity contribution in [1.29, 1.82) is 0 Å². The molecule has 0 saturated carbocycles. The van der Waals surface area contributed by atoms with E-state index in [-0.39, 0.29) is 12.1 Å². The van der Waals surface area contributed by atoms with Crippen LogP contribution in [0, 0.1) is 5.92 Å². The lowest BCUT2D eigenvalue weighted by Crippen LogP contribution is -2.45. The SMILES string of the molecule is CCC(C)CC(C)NCC1CCCN1C(=O)OC(C)(C)C. The molecular weight excluding hydrogens is 264 g/mol. The Morgan fingerprint density at radius 3 is 2.62 bits per heavy atom. The summed E-state index contributed by atoms with van der Waals surface area (Å²) in [4.78, 5) is 14.1. The molecule has 1 rings (SSSR count). The highest BCUT2D eigenvalue weighted by molar-refractivity contribution is 5.69. The highest BCUT2D eigenvalue weighted by Crippen LogP contribution is 2.20. The predicted molar refractivity (Wildman–Crippen MR) is 87.5 cm³/mol. The molecule has 124 valence electrons. The van der Waals surface area contributed by atoms with E-state index in [4.69, 9.17) is 4.74 Å². The number of ether oxygens (including phenoxy) is 1. The van der Waals surface area contributed by atoms with Gasteiger partial charge < -0.3 is 15.0 Å². The van der Waals surface area contributed by atoms with Gasteiger partial charge in [0.05, 0.1) is 0 Å². The second-order valence-corrected chi connectivity index (χ2v) is 7.53. The number of nitrogens with zero attached hydrogens (tertiary/aromatic N) is 1. The molecule has 0 spiro atoms. The number of carbonyl (C=O) groups excluding carboxylic acids is 1. The Balaban J connectivity index is 2.41. The number of carbonyl (C=O) groups is 1. The lowest BCUT2D eigenvalue weighted by atomic mass is 10.0. The summed E-state index contributed by atoms with van der Waals surface area (Å²) in [7, 11) is 0. The summed E-state index contributed by atoms with van der Waals surface area (Å²) in [5.41, 5.74) is -0.415. The molecule has 21 heavy (non-hydrogen) atoms. The van der Waals surface area contributed by atoms with Gasteiger partial charge in [-0.1, -0.05) is 20.3 Å². The van der Waals surface area contributed by atoms with Gasteiger partial charge in [-0.2, -0.15) is 0 Å². The molecule has 1 aliphatic rings. The van der Waals surface area contributed by atoms with Crippen LogP contribution < -0.4 is 5.32 Å². The molecule has 1 amide bonds. The van der Waals surface area contributed by atoms with Crippen LogP contribution in [0.15, 0.2) is 0 Å². The van der Waals surface area contributed by atoms with Gasteiger partial charge in [0.1, 0.15) is 5.60 Å². The first-order valence-electron chi connectivity index (χ1n) is 8.46. The fourth-order valence-electron chi connectivity index (χ4n) is 2.80. The lowest BCUT2D eigenvalue weighted by molar-refractivity contribution is 0.0224. The Morgan fingerprint density at radius 2 is 2.05 bits per heavy atom. The summed E-state index contributed by atoms with van der Waals surface area (Å²) in [6.07, 6.45) is 4.39. The van der Waals surface area contributed by atoms with Crippen LogP contribution in [0.5, 0.6) is 0 Å². The molecule has 4 nitrogen and oxygen atoms in total. The quantitative estimate of drug-likeness (QED) is 0.811. The van der Waals surface area contributed by atoms with Crippen molar-refractivity contribution in [2.24, 2.45) is 5.92 Å². The molecule has 1 aliphatic heterocycles. The number of hydrogen-bond acceptors (Lipinski definition) is 3. The van der Waals surface area contributed by atoms with Gasteiger partial charge in [-0.15, -0.1) is 0 Å². The van der Waals surface area contributed by atoms with E-state index in [0.29, 0.717) is 6.04 Å². The smallest absolute Gasteiger partial charge is 0.410 e. The number of rotatable bonds is 6. The zero-order valence-electron chi connectivity index (χ0n) is 14.7. The molecule has 1 heterocycles. The van der Waals surface area contributed by atoms with Crippen molar-refractivity contribution < 1.29 is 9.53 Å². The van der Waals surface area contributed by atoms with Crippen molar-refractivity contribution in [2.75, 3.05) is 13.1 Å². The maximum Gasteiger partial charge on any atom is 0.410 e. The second-order valence-electron chi connectivity index (χ2n) is 7.53. The molecule has 0 radical (unpaired) electrons. The van der Waals surface area contributed by atoms with Crippen molar-refractivity contribution in [3.63, 3.8) is 0 Å². The molecule has 0 bridgehead atoms. The van der Waals surface area contributed by atoms with Crippen LogP contribution in [0.25, 0.3) is 0 Å². The fourth-order valence-corrected chi connectivity index (χ4v) is 2.80. The van der Waals surface area contributed by atoms with E-state index in [1.54, 1.807) is 0 Å². The molecule has 3 atom stereocenters. The number of nitrogens with one attached hydrogen (secondary N) is 1. The van der Waals surface area contributed by atoms with Crippen molar-refractivity contribution in [2.45, 2.75) is 84.9 Å². The van der Waals surface area contributed by atoms with E-state index < -0.39 is 5.60 Å². The topological polar surface area (TPSA) is 41.6 Å². The number of likely N-dealkylation sites (tertiary alicyclic amines) is 1. The molecule has 1 saturated heterocycles. The van der Waals surface area contributed by atoms with Crippen molar-refractivity contribution in [3.05, 3.63) is 0 Å². The third-order valence-corrected chi connectivity index (χ3v) is 4.16.